The summed E-state index contributed by atoms with van der Waals surface area (Å²) in [5.74, 6) is 1.73. The third-order valence-electron chi connectivity index (χ3n) is 3.35. The molecule has 1 saturated heterocycles. The second-order valence-corrected chi connectivity index (χ2v) is 4.33. The Morgan fingerprint density at radius 3 is 3.06 bits per heavy atom. The van der Waals surface area contributed by atoms with Gasteiger partial charge >= 0.3 is 0 Å². The summed E-state index contributed by atoms with van der Waals surface area (Å²) in [5.41, 5.74) is 2.49. The van der Waals surface area contributed by atoms with Crippen molar-refractivity contribution in [3.05, 3.63) is 23.3 Å². The number of methoxy groups -OCH3 is 1. The fourth-order valence-corrected chi connectivity index (χ4v) is 2.52. The largest absolute Gasteiger partial charge is 0.493 e. The topological polar surface area (TPSA) is 39.7 Å². The van der Waals surface area contributed by atoms with Gasteiger partial charge in [0.25, 0.3) is 0 Å². The van der Waals surface area contributed by atoms with Crippen LogP contribution in [0.15, 0.2) is 12.1 Å². The van der Waals surface area contributed by atoms with E-state index in [0.29, 0.717) is 0 Å². The Morgan fingerprint density at radius 2 is 2.29 bits per heavy atom. The molecule has 0 aromatic heterocycles. The van der Waals surface area contributed by atoms with Crippen LogP contribution in [0.1, 0.15) is 17.2 Å². The van der Waals surface area contributed by atoms with Gasteiger partial charge in [0.2, 0.25) is 0 Å². The molecule has 92 valence electrons. The number of fused-ring (bicyclic) bond motifs is 1. The third kappa shape index (κ3) is 1.87. The van der Waals surface area contributed by atoms with E-state index in [0.717, 1.165) is 44.2 Å². The third-order valence-corrected chi connectivity index (χ3v) is 3.35. The van der Waals surface area contributed by atoms with Gasteiger partial charge in [-0.05, 0) is 11.6 Å². The number of nitrogens with one attached hydrogen (secondary N) is 1. The molecule has 17 heavy (non-hydrogen) atoms. The van der Waals surface area contributed by atoms with E-state index in [4.69, 9.17) is 14.2 Å². The summed E-state index contributed by atoms with van der Waals surface area (Å²) in [6, 6.07) is 4.07. The molecule has 4 nitrogen and oxygen atoms in total. The van der Waals surface area contributed by atoms with E-state index < -0.39 is 0 Å². The summed E-state index contributed by atoms with van der Waals surface area (Å²) < 4.78 is 16.8. The lowest BCUT2D eigenvalue weighted by atomic mass is 9.99. The number of hydrogen-bond acceptors (Lipinski definition) is 4. The van der Waals surface area contributed by atoms with Crippen molar-refractivity contribution < 1.29 is 14.2 Å². The molecule has 0 bridgehead atoms. The van der Waals surface area contributed by atoms with Crippen molar-refractivity contribution in [1.29, 1.82) is 0 Å². The number of benzene rings is 1. The van der Waals surface area contributed by atoms with E-state index in [9.17, 15) is 0 Å². The van der Waals surface area contributed by atoms with Crippen molar-refractivity contribution in [3.63, 3.8) is 0 Å². The maximum absolute atomic E-state index is 5.80. The van der Waals surface area contributed by atoms with Crippen molar-refractivity contribution in [3.8, 4) is 11.5 Å². The van der Waals surface area contributed by atoms with Gasteiger partial charge in [-0.15, -0.1) is 0 Å². The van der Waals surface area contributed by atoms with Crippen molar-refractivity contribution in [2.75, 3.05) is 33.4 Å². The maximum Gasteiger partial charge on any atom is 0.164 e. The zero-order valence-electron chi connectivity index (χ0n) is 9.99. The van der Waals surface area contributed by atoms with Crippen LogP contribution in [-0.4, -0.2) is 33.4 Å². The van der Waals surface area contributed by atoms with Gasteiger partial charge in [-0.2, -0.15) is 0 Å². The Bertz CT molecular complexity index is 413. The minimum Gasteiger partial charge on any atom is -0.493 e. The lowest BCUT2D eigenvalue weighted by Gasteiger charge is -2.25. The minimum atomic E-state index is 0.144. The molecule has 2 aliphatic rings. The predicted molar refractivity (Wildman–Crippen MR) is 63.8 cm³/mol. The van der Waals surface area contributed by atoms with Crippen LogP contribution < -0.4 is 14.8 Å². The van der Waals surface area contributed by atoms with Crippen LogP contribution in [-0.2, 0) is 11.2 Å². The first-order valence-corrected chi connectivity index (χ1v) is 6.05. The van der Waals surface area contributed by atoms with Crippen LogP contribution >= 0.6 is 0 Å². The van der Waals surface area contributed by atoms with Crippen molar-refractivity contribution in [2.45, 2.75) is 12.5 Å². The number of hydrogen-bond donors (Lipinski definition) is 1. The summed E-state index contributed by atoms with van der Waals surface area (Å²) in [4.78, 5) is 0. The standard InChI is InChI=1S/C13H17NO3/c1-15-11-3-2-9(10-4-6-17-13(10)11)12-8-14-5-7-16-12/h2-3,12,14H,4-8H2,1H3. The molecule has 1 atom stereocenters. The van der Waals surface area contributed by atoms with Gasteiger partial charge in [0.15, 0.2) is 11.5 Å². The molecule has 0 amide bonds. The quantitative estimate of drug-likeness (QED) is 0.838. The highest BCUT2D eigenvalue weighted by molar-refractivity contribution is 5.53. The van der Waals surface area contributed by atoms with E-state index >= 15 is 0 Å². The van der Waals surface area contributed by atoms with E-state index in [-0.39, 0.29) is 6.10 Å². The Kier molecular flexibility index (Phi) is 2.91. The summed E-state index contributed by atoms with van der Waals surface area (Å²) in [6.07, 6.45) is 1.09. The van der Waals surface area contributed by atoms with E-state index in [2.05, 4.69) is 11.4 Å². The first kappa shape index (κ1) is 10.9. The molecule has 0 spiro atoms. The molecule has 0 radical (unpaired) electrons. The highest BCUT2D eigenvalue weighted by Crippen LogP contribution is 2.40. The molecular weight excluding hydrogens is 218 g/mol. The normalized spacial score (nSPS) is 23.0. The average molecular weight is 235 g/mol. The van der Waals surface area contributed by atoms with Crippen molar-refractivity contribution in [2.24, 2.45) is 0 Å². The molecule has 4 heteroatoms. The molecular formula is C13H17NO3. The molecule has 1 N–H and O–H groups in total. The Morgan fingerprint density at radius 1 is 1.35 bits per heavy atom. The fraction of sp³-hybridized carbons (Fsp3) is 0.538. The van der Waals surface area contributed by atoms with Gasteiger partial charge in [0.1, 0.15) is 0 Å². The zero-order chi connectivity index (χ0) is 11.7. The molecule has 2 aliphatic heterocycles. The Labute approximate surface area is 101 Å². The molecule has 0 saturated carbocycles. The van der Waals surface area contributed by atoms with Crippen LogP contribution in [0, 0.1) is 0 Å². The number of rotatable bonds is 2. The lowest BCUT2D eigenvalue weighted by Crippen LogP contribution is -2.33. The second kappa shape index (κ2) is 4.55. The lowest BCUT2D eigenvalue weighted by molar-refractivity contribution is 0.0272. The molecule has 0 aliphatic carbocycles. The summed E-state index contributed by atoms with van der Waals surface area (Å²) in [5, 5.41) is 3.36. The van der Waals surface area contributed by atoms with Crippen LogP contribution in [0.25, 0.3) is 0 Å². The van der Waals surface area contributed by atoms with E-state index in [1.165, 1.54) is 11.1 Å². The Balaban J connectivity index is 1.97. The highest BCUT2D eigenvalue weighted by Gasteiger charge is 2.26. The van der Waals surface area contributed by atoms with Gasteiger partial charge in [-0.1, -0.05) is 6.07 Å². The van der Waals surface area contributed by atoms with Crippen molar-refractivity contribution >= 4 is 0 Å². The number of morpholine rings is 1. The van der Waals surface area contributed by atoms with Gasteiger partial charge in [0, 0.05) is 25.1 Å². The molecule has 1 unspecified atom stereocenters. The van der Waals surface area contributed by atoms with Crippen LogP contribution in [0.3, 0.4) is 0 Å². The molecule has 1 aromatic rings. The average Bonchev–Trinajstić information content (AvgIpc) is 2.88. The van der Waals surface area contributed by atoms with Gasteiger partial charge in [-0.3, -0.25) is 0 Å². The fourth-order valence-electron chi connectivity index (χ4n) is 2.52. The predicted octanol–water partition coefficient (Wildman–Crippen LogP) is 1.29. The zero-order valence-corrected chi connectivity index (χ0v) is 9.99. The minimum absolute atomic E-state index is 0.144. The molecule has 1 aromatic carbocycles. The summed E-state index contributed by atoms with van der Waals surface area (Å²) in [7, 11) is 1.68. The van der Waals surface area contributed by atoms with E-state index in [1.807, 2.05) is 6.07 Å². The second-order valence-electron chi connectivity index (χ2n) is 4.33. The van der Waals surface area contributed by atoms with Gasteiger partial charge in [0.05, 0.1) is 26.4 Å². The first-order valence-electron chi connectivity index (χ1n) is 6.05. The first-order chi connectivity index (χ1) is 8.40. The van der Waals surface area contributed by atoms with Crippen molar-refractivity contribution in [1.82, 2.24) is 5.32 Å². The van der Waals surface area contributed by atoms with Gasteiger partial charge in [-0.25, -0.2) is 0 Å². The molecule has 2 heterocycles. The van der Waals surface area contributed by atoms with Crippen LogP contribution in [0.2, 0.25) is 0 Å². The van der Waals surface area contributed by atoms with Crippen LogP contribution in [0.4, 0.5) is 0 Å². The molecule has 1 fully saturated rings. The monoisotopic (exact) mass is 235 g/mol. The smallest absolute Gasteiger partial charge is 0.164 e. The number of ether oxygens (including phenoxy) is 3. The highest BCUT2D eigenvalue weighted by atomic mass is 16.5. The Hall–Kier alpha value is -1.26. The summed E-state index contributed by atoms with van der Waals surface area (Å²) >= 11 is 0. The molecule has 3 rings (SSSR count). The summed E-state index contributed by atoms with van der Waals surface area (Å²) in [6.45, 7) is 3.32. The van der Waals surface area contributed by atoms with Gasteiger partial charge < -0.3 is 19.5 Å². The van der Waals surface area contributed by atoms with E-state index in [1.54, 1.807) is 7.11 Å². The van der Waals surface area contributed by atoms with Crippen LogP contribution in [0.5, 0.6) is 11.5 Å². The maximum atomic E-state index is 5.80. The SMILES string of the molecule is COc1ccc(C2CNCCO2)c2c1OCC2.